The number of ether oxygens (including phenoxy) is 1. The predicted octanol–water partition coefficient (Wildman–Crippen LogP) is 4.10. The first-order valence-electron chi connectivity index (χ1n) is 8.06. The lowest BCUT2D eigenvalue weighted by atomic mass is 10.2. The molecule has 0 aliphatic heterocycles. The van der Waals surface area contributed by atoms with Crippen LogP contribution in [0.1, 0.15) is 17.5 Å². The maximum absolute atomic E-state index is 12.9. The molecule has 0 aliphatic carbocycles. The maximum Gasteiger partial charge on any atom is 0.124 e. The lowest BCUT2D eigenvalue weighted by Crippen LogP contribution is -2.21. The summed E-state index contributed by atoms with van der Waals surface area (Å²) in [6.45, 7) is 3.08. The van der Waals surface area contributed by atoms with Crippen LogP contribution in [0.4, 0.5) is 4.39 Å². The molecule has 3 nitrogen and oxygen atoms in total. The van der Waals surface area contributed by atoms with E-state index in [2.05, 4.69) is 24.3 Å². The van der Waals surface area contributed by atoms with E-state index in [0.717, 1.165) is 36.4 Å². The van der Waals surface area contributed by atoms with Gasteiger partial charge < -0.3 is 15.0 Å². The summed E-state index contributed by atoms with van der Waals surface area (Å²) < 4.78 is 18.8. The van der Waals surface area contributed by atoms with E-state index in [0.29, 0.717) is 18.2 Å². The highest BCUT2D eigenvalue weighted by Crippen LogP contribution is 2.24. The van der Waals surface area contributed by atoms with Gasteiger partial charge in [0.25, 0.3) is 0 Å². The predicted molar refractivity (Wildman–Crippen MR) is 97.1 cm³/mol. The van der Waals surface area contributed by atoms with Crippen LogP contribution in [0.3, 0.4) is 0 Å². The Bertz CT molecular complexity index is 632. The molecule has 2 rings (SSSR count). The average molecular weight is 351 g/mol. The van der Waals surface area contributed by atoms with Gasteiger partial charge in [0.05, 0.1) is 0 Å². The molecule has 0 spiro atoms. The summed E-state index contributed by atoms with van der Waals surface area (Å²) in [6, 6.07) is 11.9. The van der Waals surface area contributed by atoms with Crippen LogP contribution in [-0.4, -0.2) is 32.1 Å². The van der Waals surface area contributed by atoms with Crippen molar-refractivity contribution in [1.82, 2.24) is 10.2 Å². The van der Waals surface area contributed by atoms with Crippen molar-refractivity contribution in [1.29, 1.82) is 0 Å². The summed E-state index contributed by atoms with van der Waals surface area (Å²) in [4.78, 5) is 2.16. The third-order valence-electron chi connectivity index (χ3n) is 3.60. The first-order valence-corrected chi connectivity index (χ1v) is 8.43. The Morgan fingerprint density at radius 2 is 1.88 bits per heavy atom. The van der Waals surface area contributed by atoms with Crippen molar-refractivity contribution in [3.8, 4) is 5.75 Å². The van der Waals surface area contributed by atoms with Gasteiger partial charge in [-0.05, 0) is 69.5 Å². The van der Waals surface area contributed by atoms with Gasteiger partial charge in [-0.1, -0.05) is 23.7 Å². The molecule has 0 unspecified atom stereocenters. The molecule has 2 aromatic carbocycles. The Hall–Kier alpha value is -1.62. The van der Waals surface area contributed by atoms with E-state index < -0.39 is 0 Å². The average Bonchev–Trinajstić information content (AvgIpc) is 2.55. The van der Waals surface area contributed by atoms with Gasteiger partial charge in [0, 0.05) is 17.1 Å². The third-order valence-corrected chi connectivity index (χ3v) is 3.84. The summed E-state index contributed by atoms with van der Waals surface area (Å²) in [7, 11) is 4.14. The van der Waals surface area contributed by atoms with Crippen molar-refractivity contribution in [3.05, 3.63) is 64.4 Å². The highest BCUT2D eigenvalue weighted by Gasteiger charge is 2.06. The van der Waals surface area contributed by atoms with E-state index in [4.69, 9.17) is 16.3 Å². The smallest absolute Gasteiger partial charge is 0.124 e. The molecule has 0 aliphatic rings. The van der Waals surface area contributed by atoms with Gasteiger partial charge in [0.2, 0.25) is 0 Å². The molecule has 24 heavy (non-hydrogen) atoms. The van der Waals surface area contributed by atoms with E-state index in [1.54, 1.807) is 12.1 Å². The van der Waals surface area contributed by atoms with Crippen molar-refractivity contribution in [2.24, 2.45) is 0 Å². The number of hydrogen-bond donors (Lipinski definition) is 1. The zero-order valence-electron chi connectivity index (χ0n) is 14.2. The Morgan fingerprint density at radius 1 is 1.12 bits per heavy atom. The summed E-state index contributed by atoms with van der Waals surface area (Å²) in [5.41, 5.74) is 1.95. The van der Waals surface area contributed by atoms with E-state index in [9.17, 15) is 4.39 Å². The van der Waals surface area contributed by atoms with Crippen LogP contribution in [-0.2, 0) is 13.2 Å². The van der Waals surface area contributed by atoms with Gasteiger partial charge in [-0.25, -0.2) is 4.39 Å². The van der Waals surface area contributed by atoms with Crippen molar-refractivity contribution in [2.45, 2.75) is 19.6 Å². The highest BCUT2D eigenvalue weighted by molar-refractivity contribution is 6.30. The molecule has 0 aromatic heterocycles. The van der Waals surface area contributed by atoms with Crippen LogP contribution in [0.25, 0.3) is 0 Å². The summed E-state index contributed by atoms with van der Waals surface area (Å²) >= 11 is 6.10. The van der Waals surface area contributed by atoms with Gasteiger partial charge in [0.1, 0.15) is 18.2 Å². The Kier molecular flexibility index (Phi) is 7.50. The zero-order chi connectivity index (χ0) is 17.4. The molecule has 0 bridgehead atoms. The molecular weight excluding hydrogens is 327 g/mol. The monoisotopic (exact) mass is 350 g/mol. The minimum atomic E-state index is -0.243. The minimum absolute atomic E-state index is 0.243. The second-order valence-corrected chi connectivity index (χ2v) is 6.44. The zero-order valence-corrected chi connectivity index (χ0v) is 14.9. The molecule has 0 heterocycles. The number of halogens is 2. The molecular formula is C19H24ClFN2O. The summed E-state index contributed by atoms with van der Waals surface area (Å²) in [6.07, 6.45) is 1.08. The van der Waals surface area contributed by atoms with Crippen LogP contribution >= 0.6 is 11.6 Å². The number of nitrogens with zero attached hydrogens (tertiary/aromatic N) is 1. The first-order chi connectivity index (χ1) is 11.5. The lowest BCUT2D eigenvalue weighted by molar-refractivity contribution is 0.302. The fraction of sp³-hybridized carbons (Fsp3) is 0.368. The molecule has 5 heteroatoms. The molecule has 0 saturated carbocycles. The number of hydrogen-bond acceptors (Lipinski definition) is 3. The molecule has 1 N–H and O–H groups in total. The van der Waals surface area contributed by atoms with E-state index in [1.807, 2.05) is 18.2 Å². The Morgan fingerprint density at radius 3 is 2.58 bits per heavy atom. The largest absolute Gasteiger partial charge is 0.489 e. The lowest BCUT2D eigenvalue weighted by Gasteiger charge is -2.14. The normalized spacial score (nSPS) is 11.0. The van der Waals surface area contributed by atoms with Crippen LogP contribution < -0.4 is 10.1 Å². The fourth-order valence-electron chi connectivity index (χ4n) is 2.31. The molecule has 0 amide bonds. The first kappa shape index (κ1) is 18.7. The Balaban J connectivity index is 1.90. The van der Waals surface area contributed by atoms with Crippen molar-refractivity contribution in [2.75, 3.05) is 27.2 Å². The summed E-state index contributed by atoms with van der Waals surface area (Å²) in [5, 5.41) is 4.10. The fourth-order valence-corrected chi connectivity index (χ4v) is 2.51. The van der Waals surface area contributed by atoms with Crippen LogP contribution in [0, 0.1) is 5.82 Å². The van der Waals surface area contributed by atoms with Crippen LogP contribution in [0.2, 0.25) is 5.02 Å². The number of benzene rings is 2. The standard InChI is InChI=1S/C19H24ClFN2O/c1-23(2)11-3-10-22-13-16-12-17(20)6-9-19(16)24-14-15-4-7-18(21)8-5-15/h4-9,12,22H,3,10-11,13-14H2,1-2H3. The summed E-state index contributed by atoms with van der Waals surface area (Å²) in [5.74, 6) is 0.552. The second kappa shape index (κ2) is 9.62. The molecule has 0 saturated heterocycles. The van der Waals surface area contributed by atoms with Crippen molar-refractivity contribution < 1.29 is 9.13 Å². The molecule has 0 radical (unpaired) electrons. The van der Waals surface area contributed by atoms with E-state index in [-0.39, 0.29) is 5.82 Å². The molecule has 0 fully saturated rings. The molecule has 130 valence electrons. The van der Waals surface area contributed by atoms with Gasteiger partial charge >= 0.3 is 0 Å². The maximum atomic E-state index is 12.9. The Labute approximate surface area is 148 Å². The second-order valence-electron chi connectivity index (χ2n) is 6.00. The molecule has 0 atom stereocenters. The van der Waals surface area contributed by atoms with E-state index in [1.165, 1.54) is 12.1 Å². The molecule has 2 aromatic rings. The quantitative estimate of drug-likeness (QED) is 0.689. The number of nitrogens with one attached hydrogen (secondary N) is 1. The van der Waals surface area contributed by atoms with Crippen molar-refractivity contribution in [3.63, 3.8) is 0 Å². The van der Waals surface area contributed by atoms with Gasteiger partial charge in [-0.2, -0.15) is 0 Å². The SMILES string of the molecule is CN(C)CCCNCc1cc(Cl)ccc1OCc1ccc(F)cc1. The topological polar surface area (TPSA) is 24.5 Å². The highest BCUT2D eigenvalue weighted by atomic mass is 35.5. The third kappa shape index (κ3) is 6.48. The van der Waals surface area contributed by atoms with E-state index >= 15 is 0 Å². The van der Waals surface area contributed by atoms with Gasteiger partial charge in [0.15, 0.2) is 0 Å². The van der Waals surface area contributed by atoms with Crippen LogP contribution in [0.5, 0.6) is 5.75 Å². The van der Waals surface area contributed by atoms with Crippen molar-refractivity contribution >= 4 is 11.6 Å². The van der Waals surface area contributed by atoms with Gasteiger partial charge in [-0.15, -0.1) is 0 Å². The minimum Gasteiger partial charge on any atom is -0.489 e. The van der Waals surface area contributed by atoms with Gasteiger partial charge in [-0.3, -0.25) is 0 Å². The van der Waals surface area contributed by atoms with Crippen LogP contribution in [0.15, 0.2) is 42.5 Å². The number of rotatable bonds is 9.